The molecule has 0 bridgehead atoms. The van der Waals surface area contributed by atoms with Crippen molar-refractivity contribution in [3.05, 3.63) is 35.9 Å². The van der Waals surface area contributed by atoms with E-state index < -0.39 is 5.92 Å². The summed E-state index contributed by atoms with van der Waals surface area (Å²) in [5.74, 6) is -0.552. The van der Waals surface area contributed by atoms with E-state index in [2.05, 4.69) is 6.07 Å². The quantitative estimate of drug-likeness (QED) is 0.772. The second-order valence-corrected chi connectivity index (χ2v) is 4.31. The molecule has 1 amide bonds. The molecule has 0 heterocycles. The summed E-state index contributed by atoms with van der Waals surface area (Å²) in [6.45, 7) is 5.15. The lowest BCUT2D eigenvalue weighted by Crippen LogP contribution is -2.35. The smallest absolute Gasteiger partial charge is 0.240 e. The van der Waals surface area contributed by atoms with Gasteiger partial charge in [0.25, 0.3) is 0 Å². The van der Waals surface area contributed by atoms with Gasteiger partial charge < -0.3 is 4.90 Å². The van der Waals surface area contributed by atoms with Crippen molar-refractivity contribution in [3.63, 3.8) is 0 Å². The van der Waals surface area contributed by atoms with Crippen LogP contribution in [0.5, 0.6) is 0 Å². The SMILES string of the molecule is CCCC(C#N)C(=O)N(CC)Cc1ccccc1. The molecular weight excluding hydrogens is 224 g/mol. The van der Waals surface area contributed by atoms with Gasteiger partial charge in [-0.3, -0.25) is 4.79 Å². The number of hydrogen-bond donors (Lipinski definition) is 0. The molecule has 0 saturated carbocycles. The first kappa shape index (κ1) is 14.2. The summed E-state index contributed by atoms with van der Waals surface area (Å²) >= 11 is 0. The topological polar surface area (TPSA) is 44.1 Å². The predicted octanol–water partition coefficient (Wildman–Crippen LogP) is 2.97. The molecule has 0 aliphatic rings. The lowest BCUT2D eigenvalue weighted by molar-refractivity contribution is -0.134. The van der Waals surface area contributed by atoms with Crippen molar-refractivity contribution < 1.29 is 4.79 Å². The van der Waals surface area contributed by atoms with Gasteiger partial charge in [0.2, 0.25) is 5.91 Å². The molecular formula is C15H20N2O. The van der Waals surface area contributed by atoms with Crippen molar-refractivity contribution in [1.82, 2.24) is 4.90 Å². The van der Waals surface area contributed by atoms with Crippen LogP contribution in [0.3, 0.4) is 0 Å². The van der Waals surface area contributed by atoms with E-state index in [0.29, 0.717) is 19.5 Å². The fourth-order valence-electron chi connectivity index (χ4n) is 1.90. The highest BCUT2D eigenvalue weighted by Gasteiger charge is 2.22. The zero-order valence-corrected chi connectivity index (χ0v) is 11.1. The first-order valence-corrected chi connectivity index (χ1v) is 6.45. The Hall–Kier alpha value is -1.82. The van der Waals surface area contributed by atoms with Crippen LogP contribution < -0.4 is 0 Å². The monoisotopic (exact) mass is 244 g/mol. The Morgan fingerprint density at radius 3 is 2.50 bits per heavy atom. The molecule has 0 aliphatic carbocycles. The zero-order chi connectivity index (χ0) is 13.4. The van der Waals surface area contributed by atoms with Crippen LogP contribution in [-0.4, -0.2) is 17.4 Å². The summed E-state index contributed by atoms with van der Waals surface area (Å²) < 4.78 is 0. The van der Waals surface area contributed by atoms with Gasteiger partial charge in [-0.2, -0.15) is 5.26 Å². The maximum Gasteiger partial charge on any atom is 0.240 e. The fourth-order valence-corrected chi connectivity index (χ4v) is 1.90. The van der Waals surface area contributed by atoms with Gasteiger partial charge in [0.1, 0.15) is 5.92 Å². The molecule has 1 unspecified atom stereocenters. The number of carbonyl (C=O) groups is 1. The van der Waals surface area contributed by atoms with Crippen molar-refractivity contribution in [3.8, 4) is 6.07 Å². The second-order valence-electron chi connectivity index (χ2n) is 4.31. The first-order valence-electron chi connectivity index (χ1n) is 6.45. The minimum atomic E-state index is -0.501. The molecule has 1 atom stereocenters. The molecule has 1 aromatic carbocycles. The van der Waals surface area contributed by atoms with Gasteiger partial charge in [0, 0.05) is 13.1 Å². The average molecular weight is 244 g/mol. The molecule has 18 heavy (non-hydrogen) atoms. The van der Waals surface area contributed by atoms with E-state index in [-0.39, 0.29) is 5.91 Å². The largest absolute Gasteiger partial charge is 0.338 e. The maximum atomic E-state index is 12.2. The zero-order valence-electron chi connectivity index (χ0n) is 11.1. The van der Waals surface area contributed by atoms with Crippen LogP contribution in [0.25, 0.3) is 0 Å². The van der Waals surface area contributed by atoms with Crippen LogP contribution in [0.2, 0.25) is 0 Å². The Kier molecular flexibility index (Phi) is 5.93. The molecule has 0 saturated heterocycles. The van der Waals surface area contributed by atoms with Crippen molar-refractivity contribution in [1.29, 1.82) is 5.26 Å². The molecule has 0 N–H and O–H groups in total. The molecule has 0 spiro atoms. The molecule has 1 aromatic rings. The van der Waals surface area contributed by atoms with Gasteiger partial charge in [-0.15, -0.1) is 0 Å². The molecule has 0 fully saturated rings. The van der Waals surface area contributed by atoms with Gasteiger partial charge in [0.05, 0.1) is 6.07 Å². The molecule has 3 heteroatoms. The number of amides is 1. The van der Waals surface area contributed by atoms with Crippen LogP contribution in [0.4, 0.5) is 0 Å². The number of hydrogen-bond acceptors (Lipinski definition) is 2. The lowest BCUT2D eigenvalue weighted by Gasteiger charge is -2.23. The third-order valence-electron chi connectivity index (χ3n) is 2.94. The highest BCUT2D eigenvalue weighted by Crippen LogP contribution is 2.12. The van der Waals surface area contributed by atoms with Crippen molar-refractivity contribution in [2.75, 3.05) is 6.54 Å². The van der Waals surface area contributed by atoms with Crippen LogP contribution >= 0.6 is 0 Å². The Labute approximate surface area is 109 Å². The van der Waals surface area contributed by atoms with Crippen molar-refractivity contribution in [2.24, 2.45) is 5.92 Å². The van der Waals surface area contributed by atoms with Gasteiger partial charge in [-0.25, -0.2) is 0 Å². The normalized spacial score (nSPS) is 11.6. The van der Waals surface area contributed by atoms with Crippen molar-refractivity contribution >= 4 is 5.91 Å². The van der Waals surface area contributed by atoms with E-state index in [0.717, 1.165) is 12.0 Å². The number of rotatable bonds is 6. The standard InChI is InChI=1S/C15H20N2O/c1-3-8-14(11-16)15(18)17(4-2)12-13-9-6-5-7-10-13/h5-7,9-10,14H,3-4,8,12H2,1-2H3. The van der Waals surface area contributed by atoms with E-state index in [9.17, 15) is 4.79 Å². The highest BCUT2D eigenvalue weighted by molar-refractivity contribution is 5.81. The summed E-state index contributed by atoms with van der Waals surface area (Å²) in [6.07, 6.45) is 1.49. The van der Waals surface area contributed by atoms with Crippen LogP contribution in [0.15, 0.2) is 30.3 Å². The van der Waals surface area contributed by atoms with Gasteiger partial charge in [-0.1, -0.05) is 43.7 Å². The Balaban J connectivity index is 2.71. The third-order valence-corrected chi connectivity index (χ3v) is 2.94. The predicted molar refractivity (Wildman–Crippen MR) is 71.5 cm³/mol. The van der Waals surface area contributed by atoms with E-state index >= 15 is 0 Å². The molecule has 96 valence electrons. The van der Waals surface area contributed by atoms with Crippen LogP contribution in [-0.2, 0) is 11.3 Å². The van der Waals surface area contributed by atoms with E-state index in [1.165, 1.54) is 0 Å². The van der Waals surface area contributed by atoms with Crippen LogP contribution in [0, 0.1) is 17.2 Å². The first-order chi connectivity index (χ1) is 8.72. The summed E-state index contributed by atoms with van der Waals surface area (Å²) in [5.41, 5.74) is 1.10. The average Bonchev–Trinajstić information content (AvgIpc) is 2.42. The van der Waals surface area contributed by atoms with E-state index in [1.807, 2.05) is 44.2 Å². The number of nitriles is 1. The third kappa shape index (κ3) is 3.89. The summed E-state index contributed by atoms with van der Waals surface area (Å²) in [7, 11) is 0. The fraction of sp³-hybridized carbons (Fsp3) is 0.467. The molecule has 1 rings (SSSR count). The highest BCUT2D eigenvalue weighted by atomic mass is 16.2. The second kappa shape index (κ2) is 7.50. The lowest BCUT2D eigenvalue weighted by atomic mass is 10.0. The molecule has 3 nitrogen and oxygen atoms in total. The minimum absolute atomic E-state index is 0.0503. The van der Waals surface area contributed by atoms with Crippen LogP contribution in [0.1, 0.15) is 32.3 Å². The number of carbonyl (C=O) groups excluding carboxylic acids is 1. The molecule has 0 radical (unpaired) electrons. The van der Waals surface area contributed by atoms with Gasteiger partial charge in [0.15, 0.2) is 0 Å². The van der Waals surface area contributed by atoms with Gasteiger partial charge in [-0.05, 0) is 18.9 Å². The minimum Gasteiger partial charge on any atom is -0.338 e. The van der Waals surface area contributed by atoms with Crippen molar-refractivity contribution in [2.45, 2.75) is 33.2 Å². The summed E-state index contributed by atoms with van der Waals surface area (Å²) in [4.78, 5) is 14.0. The Bertz CT molecular complexity index is 408. The maximum absolute atomic E-state index is 12.2. The Morgan fingerprint density at radius 2 is 2.00 bits per heavy atom. The van der Waals surface area contributed by atoms with E-state index in [1.54, 1.807) is 4.90 Å². The van der Waals surface area contributed by atoms with E-state index in [4.69, 9.17) is 5.26 Å². The molecule has 0 aromatic heterocycles. The summed E-state index contributed by atoms with van der Waals surface area (Å²) in [6, 6.07) is 12.0. The number of benzene rings is 1. The summed E-state index contributed by atoms with van der Waals surface area (Å²) in [5, 5.41) is 9.04. The Morgan fingerprint density at radius 1 is 1.33 bits per heavy atom. The number of nitrogens with zero attached hydrogens (tertiary/aromatic N) is 2. The molecule has 0 aliphatic heterocycles. The van der Waals surface area contributed by atoms with Gasteiger partial charge >= 0.3 is 0 Å².